The second-order valence-electron chi connectivity index (χ2n) is 5.99. The average Bonchev–Trinajstić information content (AvgIpc) is 3.13. The Morgan fingerprint density at radius 1 is 1.32 bits per heavy atom. The minimum Gasteiger partial charge on any atom is -0.389 e. The topological polar surface area (TPSA) is 23.5 Å². The van der Waals surface area contributed by atoms with Gasteiger partial charge >= 0.3 is 0 Å². The van der Waals surface area contributed by atoms with Crippen molar-refractivity contribution in [3.63, 3.8) is 0 Å². The van der Waals surface area contributed by atoms with Crippen LogP contribution in [0.4, 0.5) is 5.69 Å². The third kappa shape index (κ3) is 3.96. The summed E-state index contributed by atoms with van der Waals surface area (Å²) >= 11 is 3.58. The molecular formula is C16H24BrNO. The van der Waals surface area contributed by atoms with Gasteiger partial charge in [0.05, 0.1) is 6.10 Å². The predicted molar refractivity (Wildman–Crippen MR) is 84.6 cm³/mol. The molecule has 0 saturated heterocycles. The molecule has 0 radical (unpaired) electrons. The number of hydrogen-bond donors (Lipinski definition) is 1. The maximum absolute atomic E-state index is 9.69. The molecule has 0 unspecified atom stereocenters. The van der Waals surface area contributed by atoms with Gasteiger partial charge in [-0.05, 0) is 49.8 Å². The van der Waals surface area contributed by atoms with Crippen LogP contribution in [0.1, 0.15) is 51.7 Å². The molecule has 1 aromatic rings. The van der Waals surface area contributed by atoms with Crippen LogP contribution in [0.15, 0.2) is 22.7 Å². The fourth-order valence-corrected chi connectivity index (χ4v) is 3.04. The maximum atomic E-state index is 9.69. The molecule has 0 spiro atoms. The van der Waals surface area contributed by atoms with E-state index < -0.39 is 6.10 Å². The molecule has 1 aliphatic carbocycles. The standard InChI is InChI=1S/C16H24BrNO/c1-11(2)8-9-18(13-4-5-13)14-6-7-15(12(3)19)16(17)10-14/h6-7,10-13,19H,4-5,8-9H2,1-3H3/t12-/m0/s1. The number of rotatable bonds is 6. The highest BCUT2D eigenvalue weighted by molar-refractivity contribution is 9.10. The minimum absolute atomic E-state index is 0.423. The zero-order valence-electron chi connectivity index (χ0n) is 12.1. The van der Waals surface area contributed by atoms with Crippen LogP contribution in [0.25, 0.3) is 0 Å². The van der Waals surface area contributed by atoms with Crippen LogP contribution >= 0.6 is 15.9 Å². The first-order valence-electron chi connectivity index (χ1n) is 7.23. The molecule has 3 heteroatoms. The van der Waals surface area contributed by atoms with E-state index >= 15 is 0 Å². The van der Waals surface area contributed by atoms with Crippen molar-refractivity contribution in [3.8, 4) is 0 Å². The molecule has 0 aliphatic heterocycles. The molecule has 0 amide bonds. The number of anilines is 1. The summed E-state index contributed by atoms with van der Waals surface area (Å²) in [5.41, 5.74) is 2.24. The Labute approximate surface area is 124 Å². The number of benzene rings is 1. The van der Waals surface area contributed by atoms with Crippen molar-refractivity contribution in [2.75, 3.05) is 11.4 Å². The number of nitrogens with zero attached hydrogens (tertiary/aromatic N) is 1. The zero-order valence-corrected chi connectivity index (χ0v) is 13.7. The second kappa shape index (κ2) is 6.27. The van der Waals surface area contributed by atoms with E-state index in [0.717, 1.165) is 28.5 Å². The van der Waals surface area contributed by atoms with E-state index in [9.17, 15) is 5.11 Å². The Hall–Kier alpha value is -0.540. The molecule has 1 aromatic carbocycles. The van der Waals surface area contributed by atoms with Crippen molar-refractivity contribution in [2.24, 2.45) is 5.92 Å². The third-order valence-electron chi connectivity index (χ3n) is 3.70. The summed E-state index contributed by atoms with van der Waals surface area (Å²) in [5.74, 6) is 0.737. The minimum atomic E-state index is -0.423. The van der Waals surface area contributed by atoms with Gasteiger partial charge < -0.3 is 10.0 Å². The normalized spacial score (nSPS) is 16.7. The van der Waals surface area contributed by atoms with Gasteiger partial charge in [0.25, 0.3) is 0 Å². The van der Waals surface area contributed by atoms with Gasteiger partial charge in [-0.2, -0.15) is 0 Å². The van der Waals surface area contributed by atoms with Crippen LogP contribution in [0.2, 0.25) is 0 Å². The largest absolute Gasteiger partial charge is 0.389 e. The maximum Gasteiger partial charge on any atom is 0.0772 e. The van der Waals surface area contributed by atoms with Gasteiger partial charge in [0, 0.05) is 22.7 Å². The van der Waals surface area contributed by atoms with E-state index in [2.05, 4.69) is 46.8 Å². The SMILES string of the molecule is CC(C)CCN(c1ccc([C@H](C)O)c(Br)c1)C1CC1. The molecule has 0 aromatic heterocycles. The Kier molecular flexibility index (Phi) is 4.91. The van der Waals surface area contributed by atoms with E-state index in [1.807, 2.05) is 6.07 Å². The molecule has 2 rings (SSSR count). The summed E-state index contributed by atoms with van der Waals surface area (Å²) in [6.07, 6.45) is 3.43. The fraction of sp³-hybridized carbons (Fsp3) is 0.625. The molecule has 106 valence electrons. The Morgan fingerprint density at radius 3 is 2.47 bits per heavy atom. The lowest BCUT2D eigenvalue weighted by molar-refractivity contribution is 0.198. The molecule has 1 fully saturated rings. The molecule has 0 bridgehead atoms. The van der Waals surface area contributed by atoms with Crippen molar-refractivity contribution in [3.05, 3.63) is 28.2 Å². The number of aliphatic hydroxyl groups excluding tert-OH is 1. The van der Waals surface area contributed by atoms with Crippen molar-refractivity contribution in [1.82, 2.24) is 0 Å². The van der Waals surface area contributed by atoms with Gasteiger partial charge in [-0.25, -0.2) is 0 Å². The molecular weight excluding hydrogens is 302 g/mol. The first-order valence-corrected chi connectivity index (χ1v) is 8.02. The van der Waals surface area contributed by atoms with Crippen molar-refractivity contribution in [1.29, 1.82) is 0 Å². The molecule has 19 heavy (non-hydrogen) atoms. The smallest absolute Gasteiger partial charge is 0.0772 e. The van der Waals surface area contributed by atoms with E-state index in [1.54, 1.807) is 6.92 Å². The van der Waals surface area contributed by atoms with Gasteiger partial charge in [-0.3, -0.25) is 0 Å². The molecule has 1 N–H and O–H groups in total. The lowest BCUT2D eigenvalue weighted by Crippen LogP contribution is -2.27. The van der Waals surface area contributed by atoms with Crippen LogP contribution in [0, 0.1) is 5.92 Å². The fourth-order valence-electron chi connectivity index (χ4n) is 2.34. The number of aliphatic hydroxyl groups is 1. The summed E-state index contributed by atoms with van der Waals surface area (Å²) in [6.45, 7) is 7.48. The number of halogens is 1. The van der Waals surface area contributed by atoms with Crippen LogP contribution in [-0.2, 0) is 0 Å². The Balaban J connectivity index is 2.15. The third-order valence-corrected chi connectivity index (χ3v) is 4.39. The van der Waals surface area contributed by atoms with Crippen LogP contribution in [0.5, 0.6) is 0 Å². The van der Waals surface area contributed by atoms with E-state index in [-0.39, 0.29) is 0 Å². The molecule has 1 saturated carbocycles. The van der Waals surface area contributed by atoms with E-state index in [4.69, 9.17) is 0 Å². The molecule has 0 heterocycles. The van der Waals surface area contributed by atoms with Crippen LogP contribution < -0.4 is 4.90 Å². The lowest BCUT2D eigenvalue weighted by Gasteiger charge is -2.26. The summed E-state index contributed by atoms with van der Waals surface area (Å²) < 4.78 is 1.01. The van der Waals surface area contributed by atoms with E-state index in [1.165, 1.54) is 24.9 Å². The quantitative estimate of drug-likeness (QED) is 0.831. The monoisotopic (exact) mass is 325 g/mol. The summed E-state index contributed by atoms with van der Waals surface area (Å²) in [4.78, 5) is 2.52. The highest BCUT2D eigenvalue weighted by Crippen LogP contribution is 2.35. The van der Waals surface area contributed by atoms with Crippen molar-refractivity contribution in [2.45, 2.75) is 52.2 Å². The highest BCUT2D eigenvalue weighted by atomic mass is 79.9. The predicted octanol–water partition coefficient (Wildman–Crippen LogP) is 4.52. The summed E-state index contributed by atoms with van der Waals surface area (Å²) in [5, 5.41) is 9.69. The van der Waals surface area contributed by atoms with Crippen LogP contribution in [0.3, 0.4) is 0 Å². The first kappa shape index (κ1) is 14.9. The van der Waals surface area contributed by atoms with Gasteiger partial charge in [0.2, 0.25) is 0 Å². The van der Waals surface area contributed by atoms with Gasteiger partial charge in [-0.15, -0.1) is 0 Å². The van der Waals surface area contributed by atoms with Gasteiger partial charge in [0.15, 0.2) is 0 Å². The van der Waals surface area contributed by atoms with Crippen molar-refractivity contribution < 1.29 is 5.11 Å². The summed E-state index contributed by atoms with van der Waals surface area (Å²) in [7, 11) is 0. The number of hydrogen-bond acceptors (Lipinski definition) is 2. The van der Waals surface area contributed by atoms with Crippen LogP contribution in [-0.4, -0.2) is 17.7 Å². The van der Waals surface area contributed by atoms with E-state index in [0.29, 0.717) is 0 Å². The Morgan fingerprint density at radius 2 is 2.00 bits per heavy atom. The highest BCUT2D eigenvalue weighted by Gasteiger charge is 2.29. The molecule has 1 aliphatic rings. The lowest BCUT2D eigenvalue weighted by atomic mass is 10.1. The van der Waals surface area contributed by atoms with Gasteiger partial charge in [0.1, 0.15) is 0 Å². The molecule has 1 atom stereocenters. The molecule has 2 nitrogen and oxygen atoms in total. The zero-order chi connectivity index (χ0) is 14.0. The second-order valence-corrected chi connectivity index (χ2v) is 6.84. The average molecular weight is 326 g/mol. The van der Waals surface area contributed by atoms with Crippen molar-refractivity contribution >= 4 is 21.6 Å². The van der Waals surface area contributed by atoms with Gasteiger partial charge in [-0.1, -0.05) is 35.8 Å². The summed E-state index contributed by atoms with van der Waals surface area (Å²) in [6, 6.07) is 7.06. The first-order chi connectivity index (χ1) is 8.99. The Bertz CT molecular complexity index is 427.